The van der Waals surface area contributed by atoms with Crippen LogP contribution in [0.5, 0.6) is 11.5 Å². The van der Waals surface area contributed by atoms with Crippen LogP contribution in [0.4, 0.5) is 4.39 Å². The van der Waals surface area contributed by atoms with E-state index < -0.39 is 40.1 Å². The summed E-state index contributed by atoms with van der Waals surface area (Å²) in [6.45, 7) is 4.46. The van der Waals surface area contributed by atoms with Crippen molar-refractivity contribution >= 4 is 29.3 Å². The number of nitrogens with one attached hydrogen (secondary N) is 1. The lowest BCUT2D eigenvalue weighted by molar-refractivity contribution is -0.157. The van der Waals surface area contributed by atoms with Crippen molar-refractivity contribution in [3.05, 3.63) is 22.5 Å². The van der Waals surface area contributed by atoms with Gasteiger partial charge in [0, 0.05) is 32.2 Å². The molecule has 0 atom stereocenters. The van der Waals surface area contributed by atoms with Crippen LogP contribution >= 0.6 is 11.6 Å². The molecule has 0 radical (unpaired) electrons. The van der Waals surface area contributed by atoms with Crippen LogP contribution < -0.4 is 5.32 Å². The number of amides is 3. The van der Waals surface area contributed by atoms with Gasteiger partial charge in [0.1, 0.15) is 0 Å². The van der Waals surface area contributed by atoms with Crippen molar-refractivity contribution in [1.29, 1.82) is 0 Å². The average Bonchev–Trinajstić information content (AvgIpc) is 2.59. The lowest BCUT2D eigenvalue weighted by atomic mass is 10.1. The maximum Gasteiger partial charge on any atom is 0.312 e. The Bertz CT molecular complexity index is 756. The minimum absolute atomic E-state index is 0.000875. The molecular formula is C16H19ClFN3O5. The molecule has 1 aromatic carbocycles. The zero-order valence-electron chi connectivity index (χ0n) is 14.3. The van der Waals surface area contributed by atoms with Gasteiger partial charge in [0.25, 0.3) is 5.91 Å². The van der Waals surface area contributed by atoms with Gasteiger partial charge in [0.05, 0.1) is 10.6 Å². The first-order valence-corrected chi connectivity index (χ1v) is 8.31. The van der Waals surface area contributed by atoms with Gasteiger partial charge in [-0.25, -0.2) is 4.39 Å². The number of nitrogens with zero attached hydrogens (tertiary/aromatic N) is 2. The molecule has 8 nitrogen and oxygen atoms in total. The predicted octanol–water partition coefficient (Wildman–Crippen LogP) is 0.699. The van der Waals surface area contributed by atoms with E-state index in [1.54, 1.807) is 0 Å². The fourth-order valence-corrected chi connectivity index (χ4v) is 2.79. The molecule has 1 fully saturated rings. The summed E-state index contributed by atoms with van der Waals surface area (Å²) < 4.78 is 13.4. The summed E-state index contributed by atoms with van der Waals surface area (Å²) in [4.78, 5) is 38.9. The lowest BCUT2D eigenvalue weighted by Crippen LogP contribution is -2.57. The first-order chi connectivity index (χ1) is 12.1. The topological polar surface area (TPSA) is 110 Å². The number of benzene rings is 1. The van der Waals surface area contributed by atoms with Crippen LogP contribution in [0.2, 0.25) is 5.02 Å². The van der Waals surface area contributed by atoms with Crippen molar-refractivity contribution in [3.8, 4) is 11.5 Å². The summed E-state index contributed by atoms with van der Waals surface area (Å²) in [5.74, 6) is -5.19. The van der Waals surface area contributed by atoms with Gasteiger partial charge in [0.2, 0.25) is 0 Å². The number of piperazine rings is 1. The van der Waals surface area contributed by atoms with Crippen molar-refractivity contribution in [1.82, 2.24) is 15.1 Å². The van der Waals surface area contributed by atoms with E-state index in [0.29, 0.717) is 19.2 Å². The fraction of sp³-hybridized carbons (Fsp3) is 0.438. The van der Waals surface area contributed by atoms with Crippen LogP contribution in [0.15, 0.2) is 6.07 Å². The van der Waals surface area contributed by atoms with Crippen molar-refractivity contribution < 1.29 is 29.0 Å². The first kappa shape index (κ1) is 19.8. The molecule has 0 saturated carbocycles. The highest BCUT2D eigenvalue weighted by Gasteiger charge is 2.33. The number of phenolic OH excluding ortho intramolecular Hbond substituents is 2. The molecule has 0 aromatic heterocycles. The molecule has 26 heavy (non-hydrogen) atoms. The van der Waals surface area contributed by atoms with Crippen LogP contribution in [0, 0.1) is 5.82 Å². The number of phenols is 2. The highest BCUT2D eigenvalue weighted by molar-refractivity contribution is 6.36. The van der Waals surface area contributed by atoms with Gasteiger partial charge in [0.15, 0.2) is 17.3 Å². The Morgan fingerprint density at radius 2 is 1.92 bits per heavy atom. The largest absolute Gasteiger partial charge is 0.503 e. The van der Waals surface area contributed by atoms with E-state index >= 15 is 0 Å². The molecule has 10 heteroatoms. The molecule has 1 aliphatic rings. The van der Waals surface area contributed by atoms with E-state index in [1.165, 1.54) is 9.80 Å². The number of carbonyl (C=O) groups is 3. The number of rotatable bonds is 5. The molecule has 0 aliphatic carbocycles. The van der Waals surface area contributed by atoms with Gasteiger partial charge in [-0.05, 0) is 19.9 Å². The summed E-state index contributed by atoms with van der Waals surface area (Å²) in [6, 6.07) is 0.621. The lowest BCUT2D eigenvalue weighted by Gasteiger charge is -2.36. The van der Waals surface area contributed by atoms with E-state index in [2.05, 4.69) is 5.32 Å². The molecule has 3 N–H and O–H groups in total. The van der Waals surface area contributed by atoms with E-state index in [-0.39, 0.29) is 24.7 Å². The Kier molecular flexibility index (Phi) is 5.91. The van der Waals surface area contributed by atoms with Gasteiger partial charge in [-0.15, -0.1) is 0 Å². The summed E-state index contributed by atoms with van der Waals surface area (Å²) in [7, 11) is 0. The third-order valence-electron chi connectivity index (χ3n) is 4.04. The Morgan fingerprint density at radius 3 is 2.54 bits per heavy atom. The Hall–Kier alpha value is -2.55. The highest BCUT2D eigenvalue weighted by atomic mass is 35.5. The predicted molar refractivity (Wildman–Crippen MR) is 90.5 cm³/mol. The number of hydrogen-bond acceptors (Lipinski definition) is 5. The van der Waals surface area contributed by atoms with Crippen LogP contribution in [0.3, 0.4) is 0 Å². The third-order valence-corrected chi connectivity index (χ3v) is 4.43. The SMILES string of the molecule is CC(C)N1CCN(CCNC(=O)c2cc(F)c(O)c(O)c2Cl)C(=O)C1=O. The molecule has 142 valence electrons. The average molecular weight is 388 g/mol. The summed E-state index contributed by atoms with van der Waals surface area (Å²) >= 11 is 5.73. The minimum atomic E-state index is -1.19. The Morgan fingerprint density at radius 1 is 1.27 bits per heavy atom. The second kappa shape index (κ2) is 7.77. The summed E-state index contributed by atoms with van der Waals surface area (Å²) in [6.07, 6.45) is 0. The van der Waals surface area contributed by atoms with Crippen LogP contribution in [-0.2, 0) is 9.59 Å². The molecule has 0 bridgehead atoms. The summed E-state index contributed by atoms with van der Waals surface area (Å²) in [5, 5.41) is 20.7. The van der Waals surface area contributed by atoms with Gasteiger partial charge in [-0.3, -0.25) is 14.4 Å². The number of aromatic hydroxyl groups is 2. The van der Waals surface area contributed by atoms with E-state index in [0.717, 1.165) is 0 Å². The molecule has 0 spiro atoms. The molecular weight excluding hydrogens is 369 g/mol. The summed E-state index contributed by atoms with van der Waals surface area (Å²) in [5.41, 5.74) is -0.355. The van der Waals surface area contributed by atoms with Gasteiger partial charge >= 0.3 is 11.8 Å². The zero-order valence-corrected chi connectivity index (χ0v) is 15.0. The van der Waals surface area contributed by atoms with E-state index in [1.807, 2.05) is 13.8 Å². The smallest absolute Gasteiger partial charge is 0.312 e. The minimum Gasteiger partial charge on any atom is -0.503 e. The molecule has 3 amide bonds. The van der Waals surface area contributed by atoms with E-state index in [9.17, 15) is 29.0 Å². The quantitative estimate of drug-likeness (QED) is 0.509. The van der Waals surface area contributed by atoms with Crippen LogP contribution in [-0.4, -0.2) is 70.0 Å². The van der Waals surface area contributed by atoms with Crippen LogP contribution in [0.25, 0.3) is 0 Å². The standard InChI is InChI=1S/C16H19ClFN3O5/c1-8(2)21-6-5-20(15(25)16(21)26)4-3-19-14(24)9-7-10(18)12(22)13(23)11(9)17/h7-8,22-23H,3-6H2,1-2H3,(H,19,24). The van der Waals surface area contributed by atoms with Crippen molar-refractivity contribution in [2.75, 3.05) is 26.2 Å². The first-order valence-electron chi connectivity index (χ1n) is 7.93. The Labute approximate surface area is 154 Å². The molecule has 1 heterocycles. The second-order valence-electron chi connectivity index (χ2n) is 6.06. The maximum absolute atomic E-state index is 13.4. The third kappa shape index (κ3) is 3.82. The highest BCUT2D eigenvalue weighted by Crippen LogP contribution is 2.37. The Balaban J connectivity index is 1.96. The number of hydrogen-bond donors (Lipinski definition) is 3. The van der Waals surface area contributed by atoms with Gasteiger partial charge < -0.3 is 25.3 Å². The molecule has 1 saturated heterocycles. The zero-order chi connectivity index (χ0) is 19.6. The number of carbonyl (C=O) groups excluding carboxylic acids is 3. The van der Waals surface area contributed by atoms with Gasteiger partial charge in [-0.2, -0.15) is 0 Å². The molecule has 1 aliphatic heterocycles. The molecule has 0 unspecified atom stereocenters. The van der Waals surface area contributed by atoms with Crippen molar-refractivity contribution in [2.24, 2.45) is 0 Å². The van der Waals surface area contributed by atoms with E-state index in [4.69, 9.17) is 11.6 Å². The monoisotopic (exact) mass is 387 g/mol. The molecule has 1 aromatic rings. The second-order valence-corrected chi connectivity index (χ2v) is 6.44. The van der Waals surface area contributed by atoms with Crippen molar-refractivity contribution in [3.63, 3.8) is 0 Å². The maximum atomic E-state index is 13.4. The van der Waals surface area contributed by atoms with Gasteiger partial charge in [-0.1, -0.05) is 11.6 Å². The molecule has 2 rings (SSSR count). The number of halogens is 2. The van der Waals surface area contributed by atoms with Crippen molar-refractivity contribution in [2.45, 2.75) is 19.9 Å². The van der Waals surface area contributed by atoms with Crippen LogP contribution in [0.1, 0.15) is 24.2 Å². The normalized spacial score (nSPS) is 15.0. The fourth-order valence-electron chi connectivity index (χ4n) is 2.56.